The highest BCUT2D eigenvalue weighted by molar-refractivity contribution is 9.10. The molecule has 102 valence electrons. The molecule has 1 heterocycles. The van der Waals surface area contributed by atoms with Crippen LogP contribution in [0, 0.1) is 5.82 Å². The summed E-state index contributed by atoms with van der Waals surface area (Å²) < 4.78 is 40.0. The maximum Gasteiger partial charge on any atom is 0.268 e. The van der Waals surface area contributed by atoms with E-state index in [1.807, 2.05) is 6.07 Å². The predicted octanol–water partition coefficient (Wildman–Crippen LogP) is 3.78. The summed E-state index contributed by atoms with van der Waals surface area (Å²) in [5.41, 5.74) is 0.573. The Morgan fingerprint density at radius 1 is 1.00 bits per heavy atom. The molecule has 0 fully saturated rings. The summed E-state index contributed by atoms with van der Waals surface area (Å²) in [6, 6.07) is 11.8. The van der Waals surface area contributed by atoms with E-state index in [0.29, 0.717) is 5.52 Å². The third kappa shape index (κ3) is 2.05. The minimum atomic E-state index is -3.73. The monoisotopic (exact) mass is 353 g/mol. The van der Waals surface area contributed by atoms with Crippen LogP contribution in [0.2, 0.25) is 0 Å². The molecule has 0 saturated carbocycles. The Morgan fingerprint density at radius 2 is 1.70 bits per heavy atom. The number of fused-ring (bicyclic) bond motifs is 1. The van der Waals surface area contributed by atoms with Gasteiger partial charge in [0.2, 0.25) is 0 Å². The lowest BCUT2D eigenvalue weighted by Crippen LogP contribution is -2.11. The van der Waals surface area contributed by atoms with Crippen LogP contribution in [0.5, 0.6) is 0 Å². The second-order valence-corrected chi connectivity index (χ2v) is 6.91. The molecular weight excluding hydrogens is 345 g/mol. The summed E-state index contributed by atoms with van der Waals surface area (Å²) >= 11 is 3.38. The number of hydrogen-bond acceptors (Lipinski definition) is 2. The Morgan fingerprint density at radius 3 is 2.40 bits per heavy atom. The van der Waals surface area contributed by atoms with Gasteiger partial charge in [0.15, 0.2) is 0 Å². The molecule has 2 aromatic carbocycles. The molecule has 20 heavy (non-hydrogen) atoms. The molecule has 0 radical (unpaired) electrons. The second-order valence-electron chi connectivity index (χ2n) is 4.24. The molecule has 3 aromatic rings. The fraction of sp³-hybridized carbons (Fsp3) is 0. The maximum absolute atomic E-state index is 12.9. The van der Waals surface area contributed by atoms with Crippen LogP contribution >= 0.6 is 15.9 Å². The topological polar surface area (TPSA) is 39.1 Å². The molecule has 6 heteroatoms. The van der Waals surface area contributed by atoms with Gasteiger partial charge in [0.1, 0.15) is 5.82 Å². The van der Waals surface area contributed by atoms with E-state index in [0.717, 1.165) is 22.0 Å². The fourth-order valence-electron chi connectivity index (χ4n) is 2.04. The van der Waals surface area contributed by atoms with Crippen LogP contribution in [0.4, 0.5) is 4.39 Å². The first-order valence-electron chi connectivity index (χ1n) is 5.77. The first-order chi connectivity index (χ1) is 9.50. The SMILES string of the molecule is O=S(=O)(c1ccc(F)cc1)n1ccc2c(Br)cccc21. The number of aromatic nitrogens is 1. The van der Waals surface area contributed by atoms with Crippen molar-refractivity contribution in [1.29, 1.82) is 0 Å². The number of rotatable bonds is 2. The molecule has 0 N–H and O–H groups in total. The molecular formula is C14H9BrFNO2S. The molecule has 1 aromatic heterocycles. The average molecular weight is 354 g/mol. The zero-order valence-corrected chi connectivity index (χ0v) is 12.5. The van der Waals surface area contributed by atoms with Crippen LogP contribution in [0.3, 0.4) is 0 Å². The van der Waals surface area contributed by atoms with Gasteiger partial charge < -0.3 is 0 Å². The number of benzene rings is 2. The third-order valence-corrected chi connectivity index (χ3v) is 5.41. The number of halogens is 2. The Labute approximate surface area is 123 Å². The van der Waals surface area contributed by atoms with Crippen LogP contribution < -0.4 is 0 Å². The van der Waals surface area contributed by atoms with Gasteiger partial charge in [-0.1, -0.05) is 22.0 Å². The second kappa shape index (κ2) is 4.71. The number of hydrogen-bond donors (Lipinski definition) is 0. The van der Waals surface area contributed by atoms with Crippen LogP contribution in [-0.2, 0) is 10.0 Å². The smallest absolute Gasteiger partial charge is 0.241 e. The normalized spacial score (nSPS) is 11.9. The van der Waals surface area contributed by atoms with Gasteiger partial charge in [0.25, 0.3) is 10.0 Å². The zero-order valence-electron chi connectivity index (χ0n) is 10.1. The predicted molar refractivity (Wildman–Crippen MR) is 78.6 cm³/mol. The lowest BCUT2D eigenvalue weighted by molar-refractivity contribution is 0.588. The quantitative estimate of drug-likeness (QED) is 0.703. The van der Waals surface area contributed by atoms with E-state index in [1.165, 1.54) is 22.3 Å². The van der Waals surface area contributed by atoms with E-state index in [4.69, 9.17) is 0 Å². The molecule has 0 bridgehead atoms. The highest BCUT2D eigenvalue weighted by atomic mass is 79.9. The first-order valence-corrected chi connectivity index (χ1v) is 8.00. The maximum atomic E-state index is 12.9. The van der Waals surface area contributed by atoms with Crippen LogP contribution in [-0.4, -0.2) is 12.4 Å². The summed E-state index contributed by atoms with van der Waals surface area (Å²) in [5, 5.41) is 0.804. The van der Waals surface area contributed by atoms with Crippen LogP contribution in [0.15, 0.2) is 64.1 Å². The standard InChI is InChI=1S/C14H9BrFNO2S/c15-13-2-1-3-14-12(13)8-9-17(14)20(18,19)11-6-4-10(16)5-7-11/h1-9H. The van der Waals surface area contributed by atoms with Gasteiger partial charge in [0.05, 0.1) is 10.4 Å². The Kier molecular flexibility index (Phi) is 3.14. The zero-order chi connectivity index (χ0) is 14.3. The van der Waals surface area contributed by atoms with Gasteiger partial charge in [-0.05, 0) is 42.5 Å². The van der Waals surface area contributed by atoms with Gasteiger partial charge >= 0.3 is 0 Å². The van der Waals surface area contributed by atoms with Gasteiger partial charge in [-0.25, -0.2) is 16.8 Å². The van der Waals surface area contributed by atoms with Gasteiger partial charge in [0, 0.05) is 16.1 Å². The molecule has 0 unspecified atom stereocenters. The highest BCUT2D eigenvalue weighted by Crippen LogP contribution is 2.27. The average Bonchev–Trinajstić information content (AvgIpc) is 2.85. The highest BCUT2D eigenvalue weighted by Gasteiger charge is 2.19. The molecule has 0 aliphatic carbocycles. The van der Waals surface area contributed by atoms with Crippen LogP contribution in [0.25, 0.3) is 10.9 Å². The van der Waals surface area contributed by atoms with E-state index in [9.17, 15) is 12.8 Å². The fourth-order valence-corrected chi connectivity index (χ4v) is 3.87. The van der Waals surface area contributed by atoms with E-state index >= 15 is 0 Å². The number of nitrogens with zero attached hydrogens (tertiary/aromatic N) is 1. The van der Waals surface area contributed by atoms with Crippen molar-refractivity contribution in [3.8, 4) is 0 Å². The van der Waals surface area contributed by atoms with Crippen molar-refractivity contribution >= 4 is 36.9 Å². The van der Waals surface area contributed by atoms with Gasteiger partial charge in [-0.2, -0.15) is 0 Å². The Hall–Kier alpha value is -1.66. The Bertz CT molecular complexity index is 885. The van der Waals surface area contributed by atoms with Crippen LogP contribution in [0.1, 0.15) is 0 Å². The minimum absolute atomic E-state index is 0.0522. The molecule has 0 aliphatic heterocycles. The van der Waals surface area contributed by atoms with Crippen molar-refractivity contribution in [3.05, 3.63) is 65.0 Å². The lowest BCUT2D eigenvalue weighted by atomic mass is 10.3. The van der Waals surface area contributed by atoms with E-state index in [1.54, 1.807) is 18.2 Å². The molecule has 0 amide bonds. The van der Waals surface area contributed by atoms with Crippen molar-refractivity contribution in [2.45, 2.75) is 4.90 Å². The van der Waals surface area contributed by atoms with E-state index < -0.39 is 15.8 Å². The third-order valence-electron chi connectivity index (χ3n) is 3.01. The molecule has 3 nitrogen and oxygen atoms in total. The van der Waals surface area contributed by atoms with Crippen molar-refractivity contribution in [3.63, 3.8) is 0 Å². The molecule has 0 atom stereocenters. The van der Waals surface area contributed by atoms with Crippen molar-refractivity contribution in [2.75, 3.05) is 0 Å². The molecule has 3 rings (SSSR count). The summed E-state index contributed by atoms with van der Waals surface area (Å²) in [6.07, 6.45) is 1.49. The summed E-state index contributed by atoms with van der Waals surface area (Å²) in [5.74, 6) is -0.468. The van der Waals surface area contributed by atoms with Gasteiger partial charge in [-0.3, -0.25) is 0 Å². The van der Waals surface area contributed by atoms with Crippen molar-refractivity contribution < 1.29 is 12.8 Å². The molecule has 0 saturated heterocycles. The summed E-state index contributed by atoms with van der Waals surface area (Å²) in [4.78, 5) is 0.0522. The minimum Gasteiger partial charge on any atom is -0.241 e. The summed E-state index contributed by atoms with van der Waals surface area (Å²) in [7, 11) is -3.73. The van der Waals surface area contributed by atoms with Gasteiger partial charge in [-0.15, -0.1) is 0 Å². The van der Waals surface area contributed by atoms with E-state index in [-0.39, 0.29) is 4.90 Å². The van der Waals surface area contributed by atoms with Crippen molar-refractivity contribution in [1.82, 2.24) is 3.97 Å². The lowest BCUT2D eigenvalue weighted by Gasteiger charge is -2.07. The van der Waals surface area contributed by atoms with E-state index in [2.05, 4.69) is 15.9 Å². The Balaban J connectivity index is 2.24. The molecule has 0 aliphatic rings. The largest absolute Gasteiger partial charge is 0.268 e. The molecule has 0 spiro atoms. The summed E-state index contributed by atoms with van der Waals surface area (Å²) in [6.45, 7) is 0. The first kappa shape index (κ1) is 13.3. The van der Waals surface area contributed by atoms with Crippen molar-refractivity contribution in [2.24, 2.45) is 0 Å².